The van der Waals surface area contributed by atoms with Crippen molar-refractivity contribution in [3.63, 3.8) is 0 Å². The number of hydrogen-bond donors (Lipinski definition) is 1. The molecule has 1 saturated heterocycles. The Labute approximate surface area is 129 Å². The third kappa shape index (κ3) is 3.39. The van der Waals surface area contributed by atoms with Gasteiger partial charge >= 0.3 is 0 Å². The van der Waals surface area contributed by atoms with E-state index in [-0.39, 0.29) is 0 Å². The molecule has 0 radical (unpaired) electrons. The van der Waals surface area contributed by atoms with Crippen LogP contribution in [0.4, 0.5) is 5.82 Å². The number of hydrogen-bond acceptors (Lipinski definition) is 3. The van der Waals surface area contributed by atoms with E-state index in [1.165, 1.54) is 50.0 Å². The van der Waals surface area contributed by atoms with E-state index < -0.39 is 0 Å². The predicted molar refractivity (Wildman–Crippen MR) is 88.7 cm³/mol. The topological polar surface area (TPSA) is 28.2 Å². The van der Waals surface area contributed by atoms with Crippen LogP contribution in [0.2, 0.25) is 0 Å². The Hall–Kier alpha value is -1.09. The van der Waals surface area contributed by atoms with Gasteiger partial charge in [0.2, 0.25) is 0 Å². The molecule has 1 N–H and O–H groups in total. The Morgan fingerprint density at radius 3 is 2.86 bits per heavy atom. The fourth-order valence-electron chi connectivity index (χ4n) is 3.98. The van der Waals surface area contributed by atoms with Crippen LogP contribution in [-0.2, 0) is 6.54 Å². The molecule has 2 heterocycles. The lowest BCUT2D eigenvalue weighted by molar-refractivity contribution is 0.341. The number of aryl methyl sites for hydroxylation is 1. The molecular formula is C18H29N3. The summed E-state index contributed by atoms with van der Waals surface area (Å²) in [5.41, 5.74) is 2.51. The molecule has 0 amide bonds. The molecule has 3 rings (SSSR count). The summed E-state index contributed by atoms with van der Waals surface area (Å²) < 4.78 is 0. The summed E-state index contributed by atoms with van der Waals surface area (Å²) in [5, 5.41) is 3.52. The summed E-state index contributed by atoms with van der Waals surface area (Å²) in [7, 11) is 0. The van der Waals surface area contributed by atoms with Crippen molar-refractivity contribution >= 4 is 5.82 Å². The molecule has 3 nitrogen and oxygen atoms in total. The van der Waals surface area contributed by atoms with Gasteiger partial charge in [-0.15, -0.1) is 0 Å². The van der Waals surface area contributed by atoms with Gasteiger partial charge in [-0.25, -0.2) is 4.98 Å². The summed E-state index contributed by atoms with van der Waals surface area (Å²) in [6, 6.07) is 5.79. The van der Waals surface area contributed by atoms with Gasteiger partial charge in [-0.05, 0) is 49.8 Å². The van der Waals surface area contributed by atoms with Crippen molar-refractivity contribution in [3.8, 4) is 0 Å². The van der Waals surface area contributed by atoms with Crippen LogP contribution in [-0.4, -0.2) is 23.6 Å². The smallest absolute Gasteiger partial charge is 0.129 e. The molecule has 0 bridgehead atoms. The van der Waals surface area contributed by atoms with Crippen molar-refractivity contribution in [1.29, 1.82) is 0 Å². The van der Waals surface area contributed by atoms with Crippen molar-refractivity contribution < 1.29 is 0 Å². The molecule has 2 fully saturated rings. The number of fused-ring (bicyclic) bond motifs is 1. The lowest BCUT2D eigenvalue weighted by Gasteiger charge is -2.32. The minimum Gasteiger partial charge on any atom is -0.353 e. The highest BCUT2D eigenvalue weighted by Gasteiger charge is 2.36. The zero-order chi connectivity index (χ0) is 14.8. The Morgan fingerprint density at radius 1 is 1.24 bits per heavy atom. The molecular weight excluding hydrogens is 258 g/mol. The highest BCUT2D eigenvalue weighted by Crippen LogP contribution is 2.38. The van der Waals surface area contributed by atoms with E-state index in [9.17, 15) is 0 Å². The number of anilines is 1. The third-order valence-corrected chi connectivity index (χ3v) is 5.02. The molecule has 1 aliphatic carbocycles. The van der Waals surface area contributed by atoms with Crippen molar-refractivity contribution in [2.45, 2.75) is 71.5 Å². The minimum absolute atomic E-state index is 0.524. The van der Waals surface area contributed by atoms with Crippen LogP contribution in [0.1, 0.15) is 57.2 Å². The first-order valence-corrected chi connectivity index (χ1v) is 8.61. The first-order valence-electron chi connectivity index (χ1n) is 8.61. The molecule has 0 spiro atoms. The van der Waals surface area contributed by atoms with E-state index in [1.807, 2.05) is 0 Å². The van der Waals surface area contributed by atoms with Crippen LogP contribution in [0, 0.1) is 12.8 Å². The summed E-state index contributed by atoms with van der Waals surface area (Å²) in [6.07, 6.45) is 6.97. The summed E-state index contributed by atoms with van der Waals surface area (Å²) in [5.74, 6) is 2.13. The second-order valence-corrected chi connectivity index (χ2v) is 7.10. The number of nitrogens with one attached hydrogen (secondary N) is 1. The fourth-order valence-corrected chi connectivity index (χ4v) is 3.98. The average molecular weight is 287 g/mol. The number of pyridine rings is 1. The molecule has 1 aromatic heterocycles. The van der Waals surface area contributed by atoms with Gasteiger partial charge < -0.3 is 10.2 Å². The largest absolute Gasteiger partial charge is 0.353 e. The van der Waals surface area contributed by atoms with E-state index >= 15 is 0 Å². The number of aromatic nitrogens is 1. The molecule has 116 valence electrons. The van der Waals surface area contributed by atoms with Crippen LogP contribution in [0.15, 0.2) is 12.1 Å². The van der Waals surface area contributed by atoms with Gasteiger partial charge in [0.15, 0.2) is 0 Å². The first-order chi connectivity index (χ1) is 10.1. The standard InChI is InChI=1S/C18H29N3/c1-13(2)19-12-15-10-14(3)20-18(11-15)21-9-8-16-6-4-5-7-17(16)21/h10-11,13,16-17,19H,4-9,12H2,1-3H3. The lowest BCUT2D eigenvalue weighted by Crippen LogP contribution is -2.35. The molecule has 2 unspecified atom stereocenters. The second kappa shape index (κ2) is 6.35. The van der Waals surface area contributed by atoms with Crippen molar-refractivity contribution in [2.24, 2.45) is 5.92 Å². The van der Waals surface area contributed by atoms with Gasteiger partial charge in [0.05, 0.1) is 0 Å². The van der Waals surface area contributed by atoms with Crippen molar-refractivity contribution in [1.82, 2.24) is 10.3 Å². The molecule has 1 aromatic rings. The van der Waals surface area contributed by atoms with E-state index in [4.69, 9.17) is 4.98 Å². The maximum atomic E-state index is 4.83. The Morgan fingerprint density at radius 2 is 2.05 bits per heavy atom. The number of rotatable bonds is 4. The zero-order valence-electron chi connectivity index (χ0n) is 13.7. The molecule has 0 aromatic carbocycles. The Bertz CT molecular complexity index is 483. The van der Waals surface area contributed by atoms with Gasteiger partial charge in [0, 0.05) is 30.9 Å². The van der Waals surface area contributed by atoms with Crippen LogP contribution in [0.3, 0.4) is 0 Å². The Kier molecular flexibility index (Phi) is 4.48. The molecule has 1 aliphatic heterocycles. The average Bonchev–Trinajstić information content (AvgIpc) is 2.88. The Balaban J connectivity index is 1.78. The van der Waals surface area contributed by atoms with Gasteiger partial charge in [0.1, 0.15) is 5.82 Å². The van der Waals surface area contributed by atoms with Crippen LogP contribution in [0.5, 0.6) is 0 Å². The van der Waals surface area contributed by atoms with Gasteiger partial charge in [-0.1, -0.05) is 26.7 Å². The molecule has 2 aliphatic rings. The zero-order valence-corrected chi connectivity index (χ0v) is 13.7. The maximum absolute atomic E-state index is 4.83. The third-order valence-electron chi connectivity index (χ3n) is 5.02. The molecule has 2 atom stereocenters. The SMILES string of the molecule is Cc1cc(CNC(C)C)cc(N2CCC3CCCCC32)n1. The van der Waals surface area contributed by atoms with Gasteiger partial charge in [-0.3, -0.25) is 0 Å². The highest BCUT2D eigenvalue weighted by molar-refractivity contribution is 5.45. The highest BCUT2D eigenvalue weighted by atomic mass is 15.2. The van der Waals surface area contributed by atoms with E-state index in [0.29, 0.717) is 6.04 Å². The van der Waals surface area contributed by atoms with E-state index in [2.05, 4.69) is 43.1 Å². The summed E-state index contributed by atoms with van der Waals surface area (Å²) in [4.78, 5) is 7.43. The minimum atomic E-state index is 0.524. The van der Waals surface area contributed by atoms with Gasteiger partial charge in [-0.2, -0.15) is 0 Å². The summed E-state index contributed by atoms with van der Waals surface area (Å²) >= 11 is 0. The monoisotopic (exact) mass is 287 g/mol. The fraction of sp³-hybridized carbons (Fsp3) is 0.722. The van der Waals surface area contributed by atoms with E-state index in [0.717, 1.165) is 24.2 Å². The van der Waals surface area contributed by atoms with Crippen LogP contribution >= 0.6 is 0 Å². The molecule has 3 heteroatoms. The predicted octanol–water partition coefficient (Wildman–Crippen LogP) is 3.66. The first kappa shape index (κ1) is 14.8. The van der Waals surface area contributed by atoms with Crippen LogP contribution in [0.25, 0.3) is 0 Å². The van der Waals surface area contributed by atoms with Crippen molar-refractivity contribution in [3.05, 3.63) is 23.4 Å². The maximum Gasteiger partial charge on any atom is 0.129 e. The number of nitrogens with zero attached hydrogens (tertiary/aromatic N) is 2. The lowest BCUT2D eigenvalue weighted by atomic mass is 9.85. The molecule has 1 saturated carbocycles. The van der Waals surface area contributed by atoms with Crippen LogP contribution < -0.4 is 10.2 Å². The van der Waals surface area contributed by atoms with Gasteiger partial charge in [0.25, 0.3) is 0 Å². The summed E-state index contributed by atoms with van der Waals surface area (Å²) in [6.45, 7) is 8.65. The molecule has 21 heavy (non-hydrogen) atoms. The second-order valence-electron chi connectivity index (χ2n) is 7.10. The quantitative estimate of drug-likeness (QED) is 0.916. The van der Waals surface area contributed by atoms with E-state index in [1.54, 1.807) is 0 Å². The normalized spacial score (nSPS) is 25.4. The van der Waals surface area contributed by atoms with Crippen molar-refractivity contribution in [2.75, 3.05) is 11.4 Å².